The lowest BCUT2D eigenvalue weighted by Gasteiger charge is -2.19. The van der Waals surface area contributed by atoms with E-state index in [4.69, 9.17) is 4.74 Å². The Kier molecular flexibility index (Phi) is 5.54. The maximum atomic E-state index is 12.8. The fourth-order valence-corrected chi connectivity index (χ4v) is 3.16. The van der Waals surface area contributed by atoms with Crippen molar-refractivity contribution in [2.75, 3.05) is 18.6 Å². The van der Waals surface area contributed by atoms with Gasteiger partial charge in [0.05, 0.1) is 18.7 Å². The second kappa shape index (κ2) is 8.03. The largest absolute Gasteiger partial charge is 0.465 e. The van der Waals surface area contributed by atoms with Crippen LogP contribution in [0.1, 0.15) is 52.1 Å². The van der Waals surface area contributed by atoms with E-state index in [1.165, 1.54) is 13.2 Å². The van der Waals surface area contributed by atoms with E-state index in [-0.39, 0.29) is 23.4 Å². The summed E-state index contributed by atoms with van der Waals surface area (Å²) in [5, 5.41) is 2.93. The molecule has 27 heavy (non-hydrogen) atoms. The molecule has 0 radical (unpaired) electrons. The van der Waals surface area contributed by atoms with Crippen molar-refractivity contribution in [3.05, 3.63) is 65.2 Å². The molecule has 6 nitrogen and oxygen atoms in total. The molecule has 3 rings (SSSR count). The Morgan fingerprint density at radius 3 is 2.44 bits per heavy atom. The van der Waals surface area contributed by atoms with Crippen molar-refractivity contribution < 1.29 is 19.1 Å². The highest BCUT2D eigenvalue weighted by atomic mass is 16.5. The summed E-state index contributed by atoms with van der Waals surface area (Å²) in [6.45, 7) is 2.47. The molecular weight excluding hydrogens is 344 g/mol. The molecule has 0 saturated carbocycles. The maximum absolute atomic E-state index is 12.8. The molecule has 2 aromatic carbocycles. The number of amides is 2. The summed E-state index contributed by atoms with van der Waals surface area (Å²) in [7, 11) is 1.28. The van der Waals surface area contributed by atoms with Crippen molar-refractivity contribution in [2.45, 2.75) is 25.8 Å². The molecule has 1 atom stereocenters. The molecule has 140 valence electrons. The smallest absolute Gasteiger partial charge is 0.337 e. The van der Waals surface area contributed by atoms with E-state index in [9.17, 15) is 14.4 Å². The van der Waals surface area contributed by atoms with E-state index < -0.39 is 5.97 Å². The highest BCUT2D eigenvalue weighted by molar-refractivity contribution is 6.02. The molecule has 2 aromatic rings. The zero-order valence-electron chi connectivity index (χ0n) is 15.4. The van der Waals surface area contributed by atoms with Gasteiger partial charge in [-0.3, -0.25) is 9.59 Å². The molecule has 2 amide bonds. The van der Waals surface area contributed by atoms with Crippen molar-refractivity contribution in [3.63, 3.8) is 0 Å². The Bertz CT molecular complexity index is 864. The van der Waals surface area contributed by atoms with Gasteiger partial charge in [-0.05, 0) is 37.1 Å². The fourth-order valence-electron chi connectivity index (χ4n) is 3.16. The predicted molar refractivity (Wildman–Crippen MR) is 102 cm³/mol. The summed E-state index contributed by atoms with van der Waals surface area (Å²) in [4.78, 5) is 38.5. The summed E-state index contributed by atoms with van der Waals surface area (Å²) < 4.78 is 4.79. The molecular formula is C21H22N2O4. The number of rotatable bonds is 5. The third kappa shape index (κ3) is 4.16. The summed E-state index contributed by atoms with van der Waals surface area (Å²) in [6.07, 6.45) is 1.23. The number of carbonyl (C=O) groups is 3. The Hall–Kier alpha value is -3.15. The van der Waals surface area contributed by atoms with Gasteiger partial charge >= 0.3 is 5.97 Å². The molecule has 0 aromatic heterocycles. The van der Waals surface area contributed by atoms with Gasteiger partial charge in [-0.25, -0.2) is 4.79 Å². The molecule has 6 heteroatoms. The van der Waals surface area contributed by atoms with Gasteiger partial charge in [0.15, 0.2) is 0 Å². The third-order valence-electron chi connectivity index (χ3n) is 4.63. The van der Waals surface area contributed by atoms with Gasteiger partial charge in [0.1, 0.15) is 0 Å². The minimum atomic E-state index is -0.548. The van der Waals surface area contributed by atoms with Crippen LogP contribution in [0.2, 0.25) is 0 Å². The lowest BCUT2D eigenvalue weighted by atomic mass is 10.1. The molecule has 0 unspecified atom stereocenters. The minimum absolute atomic E-state index is 0.0129. The topological polar surface area (TPSA) is 75.7 Å². The Morgan fingerprint density at radius 1 is 1.11 bits per heavy atom. The van der Waals surface area contributed by atoms with Crippen LogP contribution in [0.5, 0.6) is 0 Å². The average Bonchev–Trinajstić information content (AvgIpc) is 3.13. The zero-order valence-corrected chi connectivity index (χ0v) is 15.4. The number of esters is 1. The van der Waals surface area contributed by atoms with E-state index in [0.29, 0.717) is 24.2 Å². The van der Waals surface area contributed by atoms with Crippen LogP contribution in [0, 0.1) is 0 Å². The summed E-state index contributed by atoms with van der Waals surface area (Å²) in [5.41, 5.74) is 2.07. The molecule has 0 aliphatic carbocycles. The second-order valence-corrected chi connectivity index (χ2v) is 6.51. The van der Waals surface area contributed by atoms with Gasteiger partial charge in [0, 0.05) is 24.2 Å². The number of benzene rings is 2. The van der Waals surface area contributed by atoms with Crippen LogP contribution in [0.15, 0.2) is 48.5 Å². The van der Waals surface area contributed by atoms with Crippen molar-refractivity contribution in [1.82, 2.24) is 5.32 Å². The van der Waals surface area contributed by atoms with Crippen LogP contribution in [-0.2, 0) is 9.53 Å². The summed E-state index contributed by atoms with van der Waals surface area (Å²) in [5.74, 6) is -0.875. The van der Waals surface area contributed by atoms with Crippen LogP contribution < -0.4 is 10.2 Å². The number of hydrogen-bond acceptors (Lipinski definition) is 4. The second-order valence-electron chi connectivity index (χ2n) is 6.51. The SMILES string of the molecule is COC(=O)c1cc(C(=O)N[C@H](C)c2ccccc2)cc(N2CCCC2=O)c1. The van der Waals surface area contributed by atoms with E-state index in [1.54, 1.807) is 17.0 Å². The van der Waals surface area contributed by atoms with Crippen molar-refractivity contribution in [1.29, 1.82) is 0 Å². The van der Waals surface area contributed by atoms with Gasteiger partial charge in [-0.15, -0.1) is 0 Å². The highest BCUT2D eigenvalue weighted by Crippen LogP contribution is 2.25. The van der Waals surface area contributed by atoms with E-state index in [2.05, 4.69) is 5.32 Å². The van der Waals surface area contributed by atoms with Gasteiger partial charge in [-0.2, -0.15) is 0 Å². The molecule has 1 N–H and O–H groups in total. The molecule has 1 heterocycles. The molecule has 1 saturated heterocycles. The molecule has 0 bridgehead atoms. The Labute approximate surface area is 158 Å². The van der Waals surface area contributed by atoms with Crippen LogP contribution in [0.25, 0.3) is 0 Å². The lowest BCUT2D eigenvalue weighted by Crippen LogP contribution is -2.28. The predicted octanol–water partition coefficient (Wildman–Crippen LogP) is 3.09. The van der Waals surface area contributed by atoms with Crippen molar-refractivity contribution in [2.24, 2.45) is 0 Å². The number of hydrogen-bond donors (Lipinski definition) is 1. The lowest BCUT2D eigenvalue weighted by molar-refractivity contribution is -0.117. The van der Waals surface area contributed by atoms with Crippen LogP contribution in [0.3, 0.4) is 0 Å². The number of ether oxygens (including phenoxy) is 1. The monoisotopic (exact) mass is 366 g/mol. The van der Waals surface area contributed by atoms with Crippen LogP contribution in [0.4, 0.5) is 5.69 Å². The zero-order chi connectivity index (χ0) is 19.4. The van der Waals surface area contributed by atoms with Gasteiger partial charge in [0.25, 0.3) is 5.91 Å². The van der Waals surface area contributed by atoms with Gasteiger partial charge < -0.3 is 15.0 Å². The Morgan fingerprint density at radius 2 is 1.81 bits per heavy atom. The van der Waals surface area contributed by atoms with Crippen molar-refractivity contribution >= 4 is 23.5 Å². The Balaban J connectivity index is 1.89. The standard InChI is InChI=1S/C21H22N2O4/c1-14(15-7-4-3-5-8-15)22-20(25)16-11-17(21(26)27-2)13-18(12-16)23-10-6-9-19(23)24/h3-5,7-8,11-14H,6,9-10H2,1-2H3,(H,22,25)/t14-/m1/s1. The van der Waals surface area contributed by atoms with Gasteiger partial charge in [-0.1, -0.05) is 30.3 Å². The first kappa shape index (κ1) is 18.6. The number of carbonyl (C=O) groups excluding carboxylic acids is 3. The summed E-state index contributed by atoms with van der Waals surface area (Å²) >= 11 is 0. The molecule has 1 aliphatic heterocycles. The van der Waals surface area contributed by atoms with E-state index in [1.807, 2.05) is 37.3 Å². The first-order valence-electron chi connectivity index (χ1n) is 8.89. The normalized spacial score (nSPS) is 14.7. The average molecular weight is 366 g/mol. The van der Waals surface area contributed by atoms with E-state index in [0.717, 1.165) is 12.0 Å². The quantitative estimate of drug-likeness (QED) is 0.825. The highest BCUT2D eigenvalue weighted by Gasteiger charge is 2.24. The first-order chi connectivity index (χ1) is 13.0. The first-order valence-corrected chi connectivity index (χ1v) is 8.89. The number of anilines is 1. The molecule has 0 spiro atoms. The van der Waals surface area contributed by atoms with Crippen molar-refractivity contribution in [3.8, 4) is 0 Å². The summed E-state index contributed by atoms with van der Waals surface area (Å²) in [6, 6.07) is 14.1. The van der Waals surface area contributed by atoms with Crippen LogP contribution >= 0.6 is 0 Å². The number of methoxy groups -OCH3 is 1. The maximum Gasteiger partial charge on any atom is 0.337 e. The number of nitrogens with zero attached hydrogens (tertiary/aromatic N) is 1. The number of nitrogens with one attached hydrogen (secondary N) is 1. The van der Waals surface area contributed by atoms with Crippen LogP contribution in [-0.4, -0.2) is 31.4 Å². The molecule has 1 aliphatic rings. The third-order valence-corrected chi connectivity index (χ3v) is 4.63. The fraction of sp³-hybridized carbons (Fsp3) is 0.286. The van der Waals surface area contributed by atoms with Gasteiger partial charge in [0.2, 0.25) is 5.91 Å². The minimum Gasteiger partial charge on any atom is -0.465 e. The molecule has 1 fully saturated rings. The van der Waals surface area contributed by atoms with E-state index >= 15 is 0 Å².